The van der Waals surface area contributed by atoms with Crippen molar-refractivity contribution in [2.45, 2.75) is 13.1 Å². The van der Waals surface area contributed by atoms with Crippen molar-refractivity contribution in [2.24, 2.45) is 0 Å². The molecule has 3 rings (SSSR count). The van der Waals surface area contributed by atoms with Gasteiger partial charge in [0.1, 0.15) is 12.7 Å². The average molecular weight is 256 g/mol. The minimum absolute atomic E-state index is 0.0245. The highest BCUT2D eigenvalue weighted by Gasteiger charge is 2.12. The SMILES string of the molecule is O=[N+]([O-])c1cncn1CCn1ccc2ccccc21. The van der Waals surface area contributed by atoms with E-state index in [2.05, 4.69) is 9.55 Å². The summed E-state index contributed by atoms with van der Waals surface area (Å²) in [6.07, 6.45) is 4.75. The molecule has 19 heavy (non-hydrogen) atoms. The van der Waals surface area contributed by atoms with Gasteiger partial charge in [-0.15, -0.1) is 0 Å². The molecule has 0 unspecified atom stereocenters. The van der Waals surface area contributed by atoms with Gasteiger partial charge in [-0.1, -0.05) is 18.2 Å². The van der Waals surface area contributed by atoms with Crippen LogP contribution in [0.2, 0.25) is 0 Å². The van der Waals surface area contributed by atoms with E-state index in [1.54, 1.807) is 4.57 Å². The number of rotatable bonds is 4. The van der Waals surface area contributed by atoms with Crippen LogP contribution in [0.15, 0.2) is 49.1 Å². The fraction of sp³-hybridized carbons (Fsp3) is 0.154. The predicted octanol–water partition coefficient (Wildman–Crippen LogP) is 2.45. The van der Waals surface area contributed by atoms with Crippen LogP contribution in [0.3, 0.4) is 0 Å². The summed E-state index contributed by atoms with van der Waals surface area (Å²) in [4.78, 5) is 14.2. The number of hydrogen-bond donors (Lipinski definition) is 0. The van der Waals surface area contributed by atoms with E-state index in [-0.39, 0.29) is 5.82 Å². The second-order valence-corrected chi connectivity index (χ2v) is 4.27. The third kappa shape index (κ3) is 2.08. The van der Waals surface area contributed by atoms with Crippen LogP contribution in [-0.4, -0.2) is 19.0 Å². The first-order valence-corrected chi connectivity index (χ1v) is 5.94. The Labute approximate surface area is 109 Å². The lowest BCUT2D eigenvalue weighted by Gasteiger charge is -2.04. The zero-order chi connectivity index (χ0) is 13.2. The summed E-state index contributed by atoms with van der Waals surface area (Å²) < 4.78 is 3.63. The Morgan fingerprint density at radius 2 is 1.95 bits per heavy atom. The molecule has 1 aromatic carbocycles. The van der Waals surface area contributed by atoms with Gasteiger partial charge >= 0.3 is 5.82 Å². The summed E-state index contributed by atoms with van der Waals surface area (Å²) in [5, 5.41) is 12.0. The van der Waals surface area contributed by atoms with E-state index in [0.717, 1.165) is 5.52 Å². The van der Waals surface area contributed by atoms with Crippen molar-refractivity contribution in [3.8, 4) is 0 Å². The molecule has 0 saturated heterocycles. The number of hydrogen-bond acceptors (Lipinski definition) is 3. The van der Waals surface area contributed by atoms with Crippen LogP contribution < -0.4 is 0 Å². The second-order valence-electron chi connectivity index (χ2n) is 4.27. The molecule has 0 aliphatic rings. The molecule has 2 heterocycles. The van der Waals surface area contributed by atoms with Crippen LogP contribution in [0.1, 0.15) is 0 Å². The molecule has 0 spiro atoms. The molecule has 96 valence electrons. The van der Waals surface area contributed by atoms with E-state index >= 15 is 0 Å². The number of fused-ring (bicyclic) bond motifs is 1. The Morgan fingerprint density at radius 3 is 2.79 bits per heavy atom. The summed E-state index contributed by atoms with van der Waals surface area (Å²) in [5.41, 5.74) is 1.13. The van der Waals surface area contributed by atoms with Crippen LogP contribution >= 0.6 is 0 Å². The van der Waals surface area contributed by atoms with Crippen molar-refractivity contribution in [1.82, 2.24) is 14.1 Å². The number of para-hydroxylation sites is 1. The summed E-state index contributed by atoms with van der Waals surface area (Å²) in [6, 6.07) is 10.1. The zero-order valence-electron chi connectivity index (χ0n) is 10.1. The normalized spacial score (nSPS) is 10.9. The number of aryl methyl sites for hydroxylation is 2. The van der Waals surface area contributed by atoms with Gasteiger partial charge in [-0.05, 0) is 22.4 Å². The summed E-state index contributed by atoms with van der Waals surface area (Å²) in [5.74, 6) is 0.0245. The van der Waals surface area contributed by atoms with Crippen LogP contribution in [0.25, 0.3) is 10.9 Å². The Bertz CT molecular complexity index is 729. The molecule has 0 aliphatic carbocycles. The molecule has 0 radical (unpaired) electrons. The Balaban J connectivity index is 1.83. The number of nitro groups is 1. The van der Waals surface area contributed by atoms with Gasteiger partial charge in [0.05, 0.1) is 6.54 Å². The fourth-order valence-electron chi connectivity index (χ4n) is 2.19. The van der Waals surface area contributed by atoms with Gasteiger partial charge in [0.2, 0.25) is 0 Å². The maximum absolute atomic E-state index is 10.8. The highest BCUT2D eigenvalue weighted by Crippen LogP contribution is 2.16. The van der Waals surface area contributed by atoms with E-state index in [0.29, 0.717) is 13.1 Å². The third-order valence-electron chi connectivity index (χ3n) is 3.14. The highest BCUT2D eigenvalue weighted by atomic mass is 16.6. The molecule has 3 aromatic rings. The third-order valence-corrected chi connectivity index (χ3v) is 3.14. The van der Waals surface area contributed by atoms with Gasteiger partial charge in [-0.2, -0.15) is 0 Å². The molecule has 0 saturated carbocycles. The van der Waals surface area contributed by atoms with Crippen molar-refractivity contribution in [1.29, 1.82) is 0 Å². The number of benzene rings is 1. The van der Waals surface area contributed by atoms with Gasteiger partial charge in [0.25, 0.3) is 0 Å². The smallest absolute Gasteiger partial charge is 0.342 e. The van der Waals surface area contributed by atoms with E-state index in [1.807, 2.05) is 36.5 Å². The van der Waals surface area contributed by atoms with Crippen molar-refractivity contribution in [3.05, 3.63) is 59.2 Å². The van der Waals surface area contributed by atoms with Crippen molar-refractivity contribution in [3.63, 3.8) is 0 Å². The van der Waals surface area contributed by atoms with Crippen molar-refractivity contribution >= 4 is 16.7 Å². The van der Waals surface area contributed by atoms with Gasteiger partial charge in [-0.25, -0.2) is 9.55 Å². The molecule has 0 fully saturated rings. The molecule has 0 N–H and O–H groups in total. The molecule has 2 aromatic heterocycles. The standard InChI is InChI=1S/C13H12N4O2/c18-17(19)13-9-14-10-16(13)8-7-15-6-5-11-3-1-2-4-12(11)15/h1-6,9-10H,7-8H2. The second kappa shape index (κ2) is 4.56. The predicted molar refractivity (Wildman–Crippen MR) is 70.8 cm³/mol. The largest absolute Gasteiger partial charge is 0.358 e. The molecule has 0 aliphatic heterocycles. The quantitative estimate of drug-likeness (QED) is 0.532. The van der Waals surface area contributed by atoms with Gasteiger partial charge in [-0.3, -0.25) is 0 Å². The van der Waals surface area contributed by atoms with E-state index < -0.39 is 4.92 Å². The van der Waals surface area contributed by atoms with Crippen molar-refractivity contribution < 1.29 is 4.92 Å². The minimum Gasteiger partial charge on any atom is -0.358 e. The maximum atomic E-state index is 10.8. The lowest BCUT2D eigenvalue weighted by atomic mass is 10.2. The molecule has 0 bridgehead atoms. The Kier molecular flexibility index (Phi) is 2.75. The minimum atomic E-state index is -0.416. The molecule has 0 amide bonds. The van der Waals surface area contributed by atoms with Crippen molar-refractivity contribution in [2.75, 3.05) is 0 Å². The molecular formula is C13H12N4O2. The highest BCUT2D eigenvalue weighted by molar-refractivity contribution is 5.79. The Morgan fingerprint density at radius 1 is 1.16 bits per heavy atom. The zero-order valence-corrected chi connectivity index (χ0v) is 10.1. The molecular weight excluding hydrogens is 244 g/mol. The fourth-order valence-corrected chi connectivity index (χ4v) is 2.19. The van der Waals surface area contributed by atoms with E-state index in [9.17, 15) is 10.1 Å². The first-order valence-electron chi connectivity index (χ1n) is 5.94. The Hall–Kier alpha value is -2.63. The van der Waals surface area contributed by atoms with Crippen LogP contribution in [0.4, 0.5) is 5.82 Å². The van der Waals surface area contributed by atoms with E-state index in [1.165, 1.54) is 17.9 Å². The molecule has 6 nitrogen and oxygen atoms in total. The van der Waals surface area contributed by atoms with Crippen LogP contribution in [0, 0.1) is 10.1 Å². The average Bonchev–Trinajstić information content (AvgIpc) is 3.03. The summed E-state index contributed by atoms with van der Waals surface area (Å²) in [6.45, 7) is 1.19. The van der Waals surface area contributed by atoms with Gasteiger partial charge < -0.3 is 14.7 Å². The lowest BCUT2D eigenvalue weighted by Crippen LogP contribution is -2.08. The molecule has 0 atom stereocenters. The molecule has 6 heteroatoms. The first-order chi connectivity index (χ1) is 9.25. The van der Waals surface area contributed by atoms with E-state index in [4.69, 9.17) is 0 Å². The number of aromatic nitrogens is 3. The maximum Gasteiger partial charge on any atom is 0.342 e. The van der Waals surface area contributed by atoms with Gasteiger partial charge in [0.15, 0.2) is 6.33 Å². The lowest BCUT2D eigenvalue weighted by molar-refractivity contribution is -0.392. The number of imidazole rings is 1. The van der Waals surface area contributed by atoms with Crippen LogP contribution in [0.5, 0.6) is 0 Å². The summed E-state index contributed by atoms with van der Waals surface area (Å²) in [7, 11) is 0. The number of nitrogens with zero attached hydrogens (tertiary/aromatic N) is 4. The first kappa shape index (κ1) is 11.5. The van der Waals surface area contributed by atoms with Gasteiger partial charge in [0, 0.05) is 11.7 Å². The summed E-state index contributed by atoms with van der Waals surface area (Å²) >= 11 is 0. The van der Waals surface area contributed by atoms with Crippen LogP contribution in [-0.2, 0) is 13.1 Å². The topological polar surface area (TPSA) is 65.9 Å². The monoisotopic (exact) mass is 256 g/mol.